The highest BCUT2D eigenvalue weighted by molar-refractivity contribution is 7.90. The summed E-state index contributed by atoms with van der Waals surface area (Å²) >= 11 is 0. The molecule has 30 heavy (non-hydrogen) atoms. The second-order valence-corrected chi connectivity index (χ2v) is 9.59. The number of ether oxygens (including phenoxy) is 2. The molecule has 2 aliphatic rings. The lowest BCUT2D eigenvalue weighted by Gasteiger charge is -2.22. The normalized spacial score (nSPS) is 21.2. The zero-order valence-electron chi connectivity index (χ0n) is 17.0. The Morgan fingerprint density at radius 3 is 2.60 bits per heavy atom. The lowest BCUT2D eigenvalue weighted by atomic mass is 9.92. The van der Waals surface area contributed by atoms with Crippen LogP contribution in [0.15, 0.2) is 64.4 Å². The van der Waals surface area contributed by atoms with E-state index in [1.54, 1.807) is 42.2 Å². The molecule has 1 aromatic carbocycles. The van der Waals surface area contributed by atoms with Crippen LogP contribution < -0.4 is 10.1 Å². The number of rotatable bonds is 5. The van der Waals surface area contributed by atoms with Crippen LogP contribution in [0.1, 0.15) is 19.8 Å². The van der Waals surface area contributed by atoms with E-state index in [9.17, 15) is 13.2 Å². The topological polar surface area (TPSA) is 99.5 Å². The van der Waals surface area contributed by atoms with Crippen LogP contribution in [-0.2, 0) is 26.4 Å². The Hall–Kier alpha value is -2.91. The molecule has 0 radical (unpaired) electrons. The molecule has 1 N–H and O–H groups in total. The number of nitrogens with one attached hydrogen (secondary N) is 1. The van der Waals surface area contributed by atoms with E-state index in [2.05, 4.69) is 10.4 Å². The first kappa shape index (κ1) is 20.4. The molecule has 2 atom stereocenters. The fourth-order valence-corrected chi connectivity index (χ4v) is 4.24. The quantitative estimate of drug-likeness (QED) is 0.784. The Bertz CT molecular complexity index is 1150. The van der Waals surface area contributed by atoms with Crippen LogP contribution in [-0.4, -0.2) is 42.6 Å². The number of hydrogen-bond donors (Lipinski definition) is 1. The van der Waals surface area contributed by atoms with Gasteiger partial charge in [0.1, 0.15) is 11.5 Å². The first-order chi connectivity index (χ1) is 14.2. The maximum absolute atomic E-state index is 12.8. The fraction of sp³-hybridized carbons (Fsp3) is 0.333. The molecule has 1 fully saturated rings. The summed E-state index contributed by atoms with van der Waals surface area (Å²) in [7, 11) is -1.51. The van der Waals surface area contributed by atoms with Crippen molar-refractivity contribution in [2.24, 2.45) is 7.05 Å². The molecule has 1 amide bonds. The molecule has 1 saturated heterocycles. The number of carbonyl (C=O) groups excluding carboxylic acids is 1. The Kier molecular flexibility index (Phi) is 5.25. The van der Waals surface area contributed by atoms with E-state index in [0.717, 1.165) is 11.8 Å². The minimum Gasteiger partial charge on any atom is -0.457 e. The highest BCUT2D eigenvalue weighted by Gasteiger charge is 2.35. The number of allylic oxidation sites excluding steroid dienone is 1. The van der Waals surface area contributed by atoms with Crippen LogP contribution >= 0.6 is 0 Å². The molecule has 9 heteroatoms. The highest BCUT2D eigenvalue weighted by Crippen LogP contribution is 2.37. The van der Waals surface area contributed by atoms with E-state index >= 15 is 0 Å². The predicted molar refractivity (Wildman–Crippen MR) is 111 cm³/mol. The summed E-state index contributed by atoms with van der Waals surface area (Å²) in [6, 6.07) is 7.94. The summed E-state index contributed by atoms with van der Waals surface area (Å²) < 4.78 is 37.0. The maximum atomic E-state index is 12.8. The molecule has 1 aromatic heterocycles. The molecule has 1 aliphatic heterocycles. The van der Waals surface area contributed by atoms with Gasteiger partial charge in [0.15, 0.2) is 15.7 Å². The van der Waals surface area contributed by atoms with Crippen molar-refractivity contribution < 1.29 is 22.7 Å². The number of hydrogen-bond acceptors (Lipinski definition) is 6. The van der Waals surface area contributed by atoms with E-state index in [1.807, 2.05) is 6.92 Å². The van der Waals surface area contributed by atoms with E-state index in [0.29, 0.717) is 35.7 Å². The number of anilines is 1. The number of aromatic nitrogens is 2. The van der Waals surface area contributed by atoms with E-state index in [1.165, 1.54) is 12.1 Å². The monoisotopic (exact) mass is 429 g/mol. The average molecular weight is 429 g/mol. The summed E-state index contributed by atoms with van der Waals surface area (Å²) in [5.74, 6) is 1.27. The number of aryl methyl sites for hydroxylation is 1. The Morgan fingerprint density at radius 2 is 1.97 bits per heavy atom. The van der Waals surface area contributed by atoms with Gasteiger partial charge in [-0.25, -0.2) is 8.42 Å². The lowest BCUT2D eigenvalue weighted by Crippen LogP contribution is -2.24. The average Bonchev–Trinajstić information content (AvgIpc) is 3.25. The van der Waals surface area contributed by atoms with Crippen molar-refractivity contribution in [1.29, 1.82) is 0 Å². The number of nitrogens with zero attached hydrogens (tertiary/aromatic N) is 2. The van der Waals surface area contributed by atoms with Crippen molar-refractivity contribution in [3.05, 3.63) is 59.5 Å². The number of sulfone groups is 1. The number of benzene rings is 1. The summed E-state index contributed by atoms with van der Waals surface area (Å²) in [6.07, 6.45) is 5.62. The van der Waals surface area contributed by atoms with E-state index in [-0.39, 0.29) is 23.0 Å². The highest BCUT2D eigenvalue weighted by atomic mass is 32.2. The first-order valence-corrected chi connectivity index (χ1v) is 11.5. The molecular weight excluding hydrogens is 406 g/mol. The maximum Gasteiger partial charge on any atom is 0.253 e. The van der Waals surface area contributed by atoms with Crippen molar-refractivity contribution in [1.82, 2.24) is 9.78 Å². The fourth-order valence-electron chi connectivity index (χ4n) is 3.61. The largest absolute Gasteiger partial charge is 0.457 e. The number of amides is 1. The van der Waals surface area contributed by atoms with Crippen LogP contribution in [0.25, 0.3) is 0 Å². The van der Waals surface area contributed by atoms with Gasteiger partial charge in [-0.1, -0.05) is 0 Å². The molecular formula is C21H23N3O5S. The third-order valence-electron chi connectivity index (χ3n) is 5.05. The van der Waals surface area contributed by atoms with Gasteiger partial charge in [0.25, 0.3) is 5.91 Å². The van der Waals surface area contributed by atoms with Crippen LogP contribution in [0.2, 0.25) is 0 Å². The molecule has 158 valence electrons. The van der Waals surface area contributed by atoms with Crippen LogP contribution in [0.5, 0.6) is 5.75 Å². The Morgan fingerprint density at radius 1 is 1.23 bits per heavy atom. The Balaban J connectivity index is 1.59. The smallest absolute Gasteiger partial charge is 0.253 e. The second-order valence-electron chi connectivity index (χ2n) is 7.58. The van der Waals surface area contributed by atoms with Gasteiger partial charge in [0, 0.05) is 49.6 Å². The molecule has 0 saturated carbocycles. The number of carbonyl (C=O) groups is 1. The van der Waals surface area contributed by atoms with Crippen LogP contribution in [0.4, 0.5) is 5.82 Å². The van der Waals surface area contributed by atoms with Gasteiger partial charge in [-0.05, 0) is 37.3 Å². The molecule has 2 aromatic rings. The summed E-state index contributed by atoms with van der Waals surface area (Å²) in [6.45, 7) is 1.98. The molecule has 1 aliphatic carbocycles. The van der Waals surface area contributed by atoms with Crippen molar-refractivity contribution in [3.63, 3.8) is 0 Å². The lowest BCUT2D eigenvalue weighted by molar-refractivity contribution is -0.113. The van der Waals surface area contributed by atoms with Crippen molar-refractivity contribution in [2.45, 2.75) is 36.9 Å². The van der Waals surface area contributed by atoms with Crippen LogP contribution in [0.3, 0.4) is 0 Å². The van der Waals surface area contributed by atoms with Crippen molar-refractivity contribution >= 4 is 21.6 Å². The molecule has 0 bridgehead atoms. The zero-order valence-corrected chi connectivity index (χ0v) is 17.8. The summed E-state index contributed by atoms with van der Waals surface area (Å²) in [5, 5.41) is 6.97. The Labute approximate surface area is 175 Å². The third-order valence-corrected chi connectivity index (χ3v) is 6.17. The van der Waals surface area contributed by atoms with Gasteiger partial charge in [0.2, 0.25) is 0 Å². The van der Waals surface area contributed by atoms with Crippen LogP contribution in [0, 0.1) is 0 Å². The van der Waals surface area contributed by atoms with E-state index < -0.39 is 9.84 Å². The van der Waals surface area contributed by atoms with E-state index in [4.69, 9.17) is 9.47 Å². The second kappa shape index (κ2) is 7.73. The minimum absolute atomic E-state index is 0.0304. The molecule has 8 nitrogen and oxygen atoms in total. The predicted octanol–water partition coefficient (Wildman–Crippen LogP) is 2.60. The van der Waals surface area contributed by atoms with Gasteiger partial charge in [0.05, 0.1) is 17.1 Å². The molecule has 2 unspecified atom stereocenters. The first-order valence-electron chi connectivity index (χ1n) is 9.57. The summed E-state index contributed by atoms with van der Waals surface area (Å²) in [4.78, 5) is 13.0. The number of fused-ring (bicyclic) bond motifs is 1. The van der Waals surface area contributed by atoms with Crippen molar-refractivity contribution in [2.75, 3.05) is 11.6 Å². The SMILES string of the molecule is CC1CC2=C(Oc3ccc(S(C)(=O)=O)cc3)C=C(C(=O)Nc3ccn(C)n3)CC2O1. The third kappa shape index (κ3) is 4.31. The van der Waals surface area contributed by atoms with Crippen molar-refractivity contribution in [3.8, 4) is 5.75 Å². The molecule has 4 rings (SSSR count). The van der Waals surface area contributed by atoms with Gasteiger partial charge in [-0.3, -0.25) is 9.48 Å². The summed E-state index contributed by atoms with van der Waals surface area (Å²) in [5.41, 5.74) is 1.54. The molecule has 2 heterocycles. The zero-order chi connectivity index (χ0) is 21.5. The van der Waals surface area contributed by atoms with Gasteiger partial charge in [-0.15, -0.1) is 0 Å². The molecule has 0 spiro atoms. The van der Waals surface area contributed by atoms with Gasteiger partial charge < -0.3 is 14.8 Å². The van der Waals surface area contributed by atoms with Gasteiger partial charge >= 0.3 is 0 Å². The minimum atomic E-state index is -3.28. The standard InChI is InChI=1S/C21H23N3O5S/c1-13-10-17-18(28-13)11-14(21(25)22-20-8-9-24(2)23-20)12-19(17)29-15-4-6-16(7-5-15)30(3,26)27/h4-9,12-13,18H,10-11H2,1-3H3,(H,22,23,25). The van der Waals surface area contributed by atoms with Gasteiger partial charge in [-0.2, -0.15) is 5.10 Å².